The second kappa shape index (κ2) is 8.92. The number of imidazole rings is 1. The van der Waals surface area contributed by atoms with Crippen molar-refractivity contribution in [2.45, 2.75) is 0 Å². The van der Waals surface area contributed by atoms with Gasteiger partial charge in [-0.15, -0.1) is 0 Å². The van der Waals surface area contributed by atoms with Crippen molar-refractivity contribution in [2.75, 3.05) is 0 Å². The van der Waals surface area contributed by atoms with E-state index in [9.17, 15) is 0 Å². The molecule has 0 fully saturated rings. The van der Waals surface area contributed by atoms with Gasteiger partial charge in [0.25, 0.3) is 0 Å². The number of benzene rings is 6. The predicted octanol–water partition coefficient (Wildman–Crippen LogP) is 10.1. The van der Waals surface area contributed by atoms with Gasteiger partial charge in [0.15, 0.2) is 0 Å². The van der Waals surface area contributed by atoms with Gasteiger partial charge in [-0.05, 0) is 64.5 Å². The van der Waals surface area contributed by atoms with Gasteiger partial charge in [-0.25, -0.2) is 4.98 Å². The van der Waals surface area contributed by atoms with E-state index in [1.54, 1.807) is 0 Å². The summed E-state index contributed by atoms with van der Waals surface area (Å²) in [4.78, 5) is 5.10. The highest BCUT2D eigenvalue weighted by Crippen LogP contribution is 2.37. The number of rotatable bonds is 3. The van der Waals surface area contributed by atoms with E-state index in [0.29, 0.717) is 0 Å². The summed E-state index contributed by atoms with van der Waals surface area (Å²) in [5, 5.41) is 4.88. The fourth-order valence-electron chi connectivity index (χ4n) is 6.56. The molecule has 0 N–H and O–H groups in total. The van der Waals surface area contributed by atoms with E-state index in [4.69, 9.17) is 4.98 Å². The highest BCUT2D eigenvalue weighted by molar-refractivity contribution is 6.11. The first-order valence-electron chi connectivity index (χ1n) is 14.3. The molecule has 3 heteroatoms. The third-order valence-electron chi connectivity index (χ3n) is 8.51. The lowest BCUT2D eigenvalue weighted by Crippen LogP contribution is -1.92. The summed E-state index contributed by atoms with van der Waals surface area (Å²) < 4.78 is 4.63. The summed E-state index contributed by atoms with van der Waals surface area (Å²) in [6, 6.07) is 52.0. The van der Waals surface area contributed by atoms with Crippen molar-refractivity contribution in [1.29, 1.82) is 0 Å². The Morgan fingerprint density at radius 3 is 1.90 bits per heavy atom. The summed E-state index contributed by atoms with van der Waals surface area (Å²) in [6.07, 6.45) is 2.25. The van der Waals surface area contributed by atoms with E-state index in [1.165, 1.54) is 55.1 Å². The van der Waals surface area contributed by atoms with Crippen LogP contribution in [-0.2, 0) is 0 Å². The van der Waals surface area contributed by atoms with Crippen molar-refractivity contribution in [3.63, 3.8) is 0 Å². The maximum atomic E-state index is 5.10. The first kappa shape index (κ1) is 23.1. The van der Waals surface area contributed by atoms with E-state index < -0.39 is 0 Å². The summed E-state index contributed by atoms with van der Waals surface area (Å²) >= 11 is 0. The van der Waals surface area contributed by atoms with Crippen LogP contribution in [0.3, 0.4) is 0 Å². The standard InChI is InChI=1S/C39H25N3/c1-3-11-26(12-4-1)34-25-41-38-24-28(19-21-35(38)40-39(41)32-17-8-7-15-30(32)34)27-20-22-37-33(23-27)31-16-9-10-18-36(31)42(37)29-13-5-2-6-14-29/h1-25H. The molecular weight excluding hydrogens is 510 g/mol. The van der Waals surface area contributed by atoms with E-state index in [1.807, 2.05) is 0 Å². The van der Waals surface area contributed by atoms with Gasteiger partial charge in [0.05, 0.1) is 22.1 Å². The average Bonchev–Trinajstić information content (AvgIpc) is 3.60. The van der Waals surface area contributed by atoms with Gasteiger partial charge in [0.2, 0.25) is 0 Å². The molecular formula is C39H25N3. The maximum absolute atomic E-state index is 5.10. The van der Waals surface area contributed by atoms with Crippen LogP contribution in [0, 0.1) is 0 Å². The van der Waals surface area contributed by atoms with Crippen molar-refractivity contribution in [1.82, 2.24) is 14.0 Å². The second-order valence-corrected chi connectivity index (χ2v) is 10.9. The molecule has 0 unspecified atom stereocenters. The molecule has 0 saturated carbocycles. The Labute approximate surface area is 242 Å². The summed E-state index contributed by atoms with van der Waals surface area (Å²) in [5.41, 5.74) is 11.5. The first-order chi connectivity index (χ1) is 20.8. The van der Waals surface area contributed by atoms with Crippen molar-refractivity contribution >= 4 is 49.3 Å². The molecule has 0 bridgehead atoms. The zero-order valence-corrected chi connectivity index (χ0v) is 22.8. The number of hydrogen-bond donors (Lipinski definition) is 0. The minimum absolute atomic E-state index is 0.985. The molecule has 3 nitrogen and oxygen atoms in total. The minimum Gasteiger partial charge on any atom is -0.309 e. The normalized spacial score (nSPS) is 11.8. The van der Waals surface area contributed by atoms with Crippen LogP contribution in [0.25, 0.3) is 77.2 Å². The Balaban J connectivity index is 1.28. The fraction of sp³-hybridized carbons (Fsp3) is 0. The molecule has 0 aliphatic rings. The predicted molar refractivity (Wildman–Crippen MR) is 175 cm³/mol. The number of pyridine rings is 1. The molecule has 0 amide bonds. The quantitative estimate of drug-likeness (QED) is 0.221. The number of para-hydroxylation sites is 2. The van der Waals surface area contributed by atoms with Crippen LogP contribution >= 0.6 is 0 Å². The Kier molecular flexibility index (Phi) is 4.90. The largest absolute Gasteiger partial charge is 0.309 e. The number of fused-ring (bicyclic) bond motifs is 8. The molecule has 9 aromatic rings. The second-order valence-electron chi connectivity index (χ2n) is 10.9. The van der Waals surface area contributed by atoms with Gasteiger partial charge in [-0.2, -0.15) is 0 Å². The topological polar surface area (TPSA) is 22.2 Å². The molecule has 6 aromatic carbocycles. The number of hydrogen-bond acceptors (Lipinski definition) is 1. The summed E-state index contributed by atoms with van der Waals surface area (Å²) in [6.45, 7) is 0. The third kappa shape index (κ3) is 3.37. The number of aromatic nitrogens is 3. The van der Waals surface area contributed by atoms with E-state index in [0.717, 1.165) is 22.1 Å². The molecule has 3 aromatic heterocycles. The lowest BCUT2D eigenvalue weighted by Gasteiger charge is -2.10. The van der Waals surface area contributed by atoms with Crippen molar-refractivity contribution in [3.8, 4) is 27.9 Å². The van der Waals surface area contributed by atoms with Gasteiger partial charge in [-0.3, -0.25) is 4.40 Å². The first-order valence-corrected chi connectivity index (χ1v) is 14.3. The Bertz CT molecular complexity index is 2450. The van der Waals surface area contributed by atoms with E-state index >= 15 is 0 Å². The van der Waals surface area contributed by atoms with Crippen LogP contribution in [0.1, 0.15) is 0 Å². The van der Waals surface area contributed by atoms with Gasteiger partial charge >= 0.3 is 0 Å². The smallest absolute Gasteiger partial charge is 0.145 e. The van der Waals surface area contributed by atoms with Gasteiger partial charge < -0.3 is 4.57 Å². The highest BCUT2D eigenvalue weighted by Gasteiger charge is 2.16. The minimum atomic E-state index is 0.985. The molecule has 0 aliphatic heterocycles. The highest BCUT2D eigenvalue weighted by atomic mass is 15.0. The molecule has 196 valence electrons. The van der Waals surface area contributed by atoms with Crippen LogP contribution in [0.5, 0.6) is 0 Å². The molecule has 0 spiro atoms. The lowest BCUT2D eigenvalue weighted by molar-refractivity contribution is 1.18. The lowest BCUT2D eigenvalue weighted by atomic mass is 10.0. The Hall–Kier alpha value is -5.67. The van der Waals surface area contributed by atoms with Crippen molar-refractivity contribution in [3.05, 3.63) is 152 Å². The Morgan fingerprint density at radius 2 is 1.07 bits per heavy atom. The van der Waals surface area contributed by atoms with Crippen LogP contribution in [0.2, 0.25) is 0 Å². The molecule has 0 radical (unpaired) electrons. The molecule has 42 heavy (non-hydrogen) atoms. The van der Waals surface area contributed by atoms with Crippen molar-refractivity contribution < 1.29 is 0 Å². The average molecular weight is 536 g/mol. The van der Waals surface area contributed by atoms with Crippen molar-refractivity contribution in [2.24, 2.45) is 0 Å². The van der Waals surface area contributed by atoms with E-state index in [-0.39, 0.29) is 0 Å². The molecule has 0 aliphatic carbocycles. The summed E-state index contributed by atoms with van der Waals surface area (Å²) in [5.74, 6) is 0. The third-order valence-corrected chi connectivity index (χ3v) is 8.51. The fourth-order valence-corrected chi connectivity index (χ4v) is 6.56. The van der Waals surface area contributed by atoms with E-state index in [2.05, 4.69) is 161 Å². The van der Waals surface area contributed by atoms with Crippen LogP contribution in [-0.4, -0.2) is 14.0 Å². The zero-order chi connectivity index (χ0) is 27.6. The van der Waals surface area contributed by atoms with Crippen LogP contribution in [0.4, 0.5) is 0 Å². The monoisotopic (exact) mass is 535 g/mol. The molecule has 3 heterocycles. The summed E-state index contributed by atoms with van der Waals surface area (Å²) in [7, 11) is 0. The van der Waals surface area contributed by atoms with Gasteiger partial charge in [-0.1, -0.05) is 103 Å². The van der Waals surface area contributed by atoms with Crippen LogP contribution in [0.15, 0.2) is 152 Å². The molecule has 0 saturated heterocycles. The number of nitrogens with zero attached hydrogens (tertiary/aromatic N) is 3. The molecule has 9 rings (SSSR count). The van der Waals surface area contributed by atoms with Crippen LogP contribution < -0.4 is 0 Å². The SMILES string of the molecule is c1ccc(-c2cn3c4cc(-c5ccc6c(c5)c5ccccc5n6-c5ccccc5)ccc4nc3c3ccccc23)cc1. The maximum Gasteiger partial charge on any atom is 0.145 e. The molecule has 0 atom stereocenters. The zero-order valence-electron chi connectivity index (χ0n) is 22.8. The Morgan fingerprint density at radius 1 is 0.429 bits per heavy atom. The van der Waals surface area contributed by atoms with Gasteiger partial charge in [0.1, 0.15) is 5.65 Å². The van der Waals surface area contributed by atoms with Gasteiger partial charge in [0, 0.05) is 33.6 Å².